The van der Waals surface area contributed by atoms with Crippen molar-refractivity contribution >= 4 is 22.7 Å². The Morgan fingerprint density at radius 1 is 1.17 bits per heavy atom. The molecule has 29 heavy (non-hydrogen) atoms. The van der Waals surface area contributed by atoms with E-state index in [1.54, 1.807) is 6.07 Å². The standard InChI is InChI=1S/C24H30FN3O/c1-5-29-19-11-9-17(10-12-19)26-23-27-22-20(25)7-6-8-21(22)28(23)18-13-16(2)14-24(3,4)15-18/h6-12,16,18H,5,13-15H2,1-4H3,(H,26,27)/t16-,18?/m0/s1. The van der Waals surface area contributed by atoms with Crippen LogP contribution >= 0.6 is 0 Å². The van der Waals surface area contributed by atoms with Gasteiger partial charge in [0.25, 0.3) is 0 Å². The lowest BCUT2D eigenvalue weighted by atomic mass is 9.70. The minimum Gasteiger partial charge on any atom is -0.494 e. The molecule has 1 N–H and O–H groups in total. The van der Waals surface area contributed by atoms with Crippen molar-refractivity contribution in [1.82, 2.24) is 9.55 Å². The van der Waals surface area contributed by atoms with Gasteiger partial charge in [-0.05, 0) is 73.9 Å². The second kappa shape index (κ2) is 7.69. The number of anilines is 2. The first-order chi connectivity index (χ1) is 13.9. The average Bonchev–Trinajstić information content (AvgIpc) is 3.01. The fourth-order valence-corrected chi connectivity index (χ4v) is 4.96. The van der Waals surface area contributed by atoms with Gasteiger partial charge < -0.3 is 14.6 Å². The van der Waals surface area contributed by atoms with Gasteiger partial charge in [0, 0.05) is 11.7 Å². The molecule has 0 aliphatic heterocycles. The van der Waals surface area contributed by atoms with Gasteiger partial charge in [-0.25, -0.2) is 9.37 Å². The summed E-state index contributed by atoms with van der Waals surface area (Å²) in [6.07, 6.45) is 3.34. The minimum absolute atomic E-state index is 0.253. The molecule has 1 saturated carbocycles. The first kappa shape index (κ1) is 19.7. The molecule has 2 atom stereocenters. The lowest BCUT2D eigenvalue weighted by Gasteiger charge is -2.40. The summed E-state index contributed by atoms with van der Waals surface area (Å²) in [6.45, 7) is 9.57. The molecule has 1 heterocycles. The number of fused-ring (bicyclic) bond motifs is 1. The number of nitrogens with one attached hydrogen (secondary N) is 1. The van der Waals surface area contributed by atoms with Crippen molar-refractivity contribution in [3.05, 3.63) is 48.3 Å². The molecule has 0 amide bonds. The number of rotatable bonds is 5. The van der Waals surface area contributed by atoms with E-state index in [2.05, 4.69) is 35.6 Å². The average molecular weight is 396 g/mol. The fourth-order valence-electron chi connectivity index (χ4n) is 4.96. The fraction of sp³-hybridized carbons (Fsp3) is 0.458. The molecule has 0 spiro atoms. The van der Waals surface area contributed by atoms with Crippen LogP contribution in [0.1, 0.15) is 53.0 Å². The quantitative estimate of drug-likeness (QED) is 0.522. The summed E-state index contributed by atoms with van der Waals surface area (Å²) in [5.74, 6) is 1.87. The maximum absolute atomic E-state index is 14.5. The van der Waals surface area contributed by atoms with Crippen LogP contribution < -0.4 is 10.1 Å². The maximum atomic E-state index is 14.5. The monoisotopic (exact) mass is 395 g/mol. The molecule has 0 bridgehead atoms. The van der Waals surface area contributed by atoms with Gasteiger partial charge in [-0.3, -0.25) is 0 Å². The maximum Gasteiger partial charge on any atom is 0.208 e. The van der Waals surface area contributed by atoms with Crippen LogP contribution in [-0.4, -0.2) is 16.2 Å². The van der Waals surface area contributed by atoms with Gasteiger partial charge in [-0.15, -0.1) is 0 Å². The zero-order valence-electron chi connectivity index (χ0n) is 17.7. The first-order valence-electron chi connectivity index (χ1n) is 10.5. The molecule has 1 aliphatic carbocycles. The van der Waals surface area contributed by atoms with Crippen LogP contribution in [0.3, 0.4) is 0 Å². The van der Waals surface area contributed by atoms with Gasteiger partial charge in [-0.2, -0.15) is 0 Å². The van der Waals surface area contributed by atoms with Crippen LogP contribution in [0.5, 0.6) is 5.75 Å². The molecule has 1 aromatic heterocycles. The van der Waals surface area contributed by atoms with E-state index < -0.39 is 0 Å². The second-order valence-electron chi connectivity index (χ2n) is 9.06. The minimum atomic E-state index is -0.279. The summed E-state index contributed by atoms with van der Waals surface area (Å²) in [5.41, 5.74) is 2.45. The number of nitrogens with zero attached hydrogens (tertiary/aromatic N) is 2. The Labute approximate surface area is 172 Å². The Kier molecular flexibility index (Phi) is 5.24. The molecule has 4 nitrogen and oxygen atoms in total. The van der Waals surface area contributed by atoms with Crippen molar-refractivity contribution in [2.75, 3.05) is 11.9 Å². The molecular formula is C24H30FN3O. The predicted molar refractivity (Wildman–Crippen MR) is 116 cm³/mol. The van der Waals surface area contributed by atoms with E-state index in [9.17, 15) is 4.39 Å². The number of para-hydroxylation sites is 1. The number of hydrogen-bond donors (Lipinski definition) is 1. The smallest absolute Gasteiger partial charge is 0.208 e. The van der Waals surface area contributed by atoms with Crippen LogP contribution in [0.2, 0.25) is 0 Å². The highest BCUT2D eigenvalue weighted by Crippen LogP contribution is 2.46. The molecule has 0 saturated heterocycles. The third-order valence-corrected chi connectivity index (χ3v) is 5.82. The van der Waals surface area contributed by atoms with Crippen molar-refractivity contribution in [2.24, 2.45) is 11.3 Å². The molecule has 1 unspecified atom stereocenters. The highest BCUT2D eigenvalue weighted by Gasteiger charge is 2.34. The van der Waals surface area contributed by atoms with Crippen LogP contribution in [0.15, 0.2) is 42.5 Å². The van der Waals surface area contributed by atoms with Crippen LogP contribution in [0, 0.1) is 17.2 Å². The van der Waals surface area contributed by atoms with Crippen molar-refractivity contribution in [2.45, 2.75) is 53.0 Å². The summed E-state index contributed by atoms with van der Waals surface area (Å²) in [7, 11) is 0. The number of hydrogen-bond acceptors (Lipinski definition) is 3. The van der Waals surface area contributed by atoms with Crippen molar-refractivity contribution in [1.29, 1.82) is 0 Å². The molecule has 4 rings (SSSR count). The zero-order chi connectivity index (χ0) is 20.6. The topological polar surface area (TPSA) is 39.1 Å². The number of halogens is 1. The van der Waals surface area contributed by atoms with Crippen LogP contribution in [-0.2, 0) is 0 Å². The molecular weight excluding hydrogens is 365 g/mol. The van der Waals surface area contributed by atoms with E-state index in [0.717, 1.165) is 29.8 Å². The Hall–Kier alpha value is -2.56. The van der Waals surface area contributed by atoms with Gasteiger partial charge >= 0.3 is 0 Å². The van der Waals surface area contributed by atoms with Gasteiger partial charge in [0.15, 0.2) is 5.82 Å². The summed E-state index contributed by atoms with van der Waals surface area (Å²) < 4.78 is 22.3. The summed E-state index contributed by atoms with van der Waals surface area (Å²) in [4.78, 5) is 4.66. The van der Waals surface area contributed by atoms with Crippen molar-refractivity contribution < 1.29 is 9.13 Å². The Morgan fingerprint density at radius 2 is 1.93 bits per heavy atom. The molecule has 154 valence electrons. The Morgan fingerprint density at radius 3 is 2.62 bits per heavy atom. The lowest BCUT2D eigenvalue weighted by Crippen LogP contribution is -2.29. The van der Waals surface area contributed by atoms with Crippen molar-refractivity contribution in [3.63, 3.8) is 0 Å². The SMILES string of the molecule is CCOc1ccc(Nc2nc3c(F)cccc3n2C2C[C@H](C)CC(C)(C)C2)cc1. The Bertz CT molecular complexity index is 993. The highest BCUT2D eigenvalue weighted by atomic mass is 19.1. The summed E-state index contributed by atoms with van der Waals surface area (Å²) >= 11 is 0. The molecule has 1 aliphatic rings. The summed E-state index contributed by atoms with van der Waals surface area (Å²) in [6, 6.07) is 13.3. The molecule has 0 radical (unpaired) electrons. The number of imidazole rings is 1. The highest BCUT2D eigenvalue weighted by molar-refractivity contribution is 5.80. The van der Waals surface area contributed by atoms with E-state index in [4.69, 9.17) is 4.74 Å². The lowest BCUT2D eigenvalue weighted by molar-refractivity contribution is 0.140. The second-order valence-corrected chi connectivity index (χ2v) is 9.06. The number of ether oxygens (including phenoxy) is 1. The third kappa shape index (κ3) is 4.09. The predicted octanol–water partition coefficient (Wildman–Crippen LogP) is 6.71. The largest absolute Gasteiger partial charge is 0.494 e. The van der Waals surface area contributed by atoms with Crippen molar-refractivity contribution in [3.8, 4) is 5.75 Å². The van der Waals surface area contributed by atoms with E-state index in [1.807, 2.05) is 37.3 Å². The van der Waals surface area contributed by atoms with Gasteiger partial charge in [0.2, 0.25) is 5.95 Å². The summed E-state index contributed by atoms with van der Waals surface area (Å²) in [5, 5.41) is 3.43. The molecule has 5 heteroatoms. The molecule has 2 aromatic carbocycles. The van der Waals surface area contributed by atoms with Gasteiger partial charge in [0.05, 0.1) is 12.1 Å². The third-order valence-electron chi connectivity index (χ3n) is 5.82. The van der Waals surface area contributed by atoms with E-state index in [-0.39, 0.29) is 17.3 Å². The number of aromatic nitrogens is 2. The first-order valence-corrected chi connectivity index (χ1v) is 10.5. The number of benzene rings is 2. The van der Waals surface area contributed by atoms with E-state index in [1.165, 1.54) is 12.5 Å². The van der Waals surface area contributed by atoms with E-state index in [0.29, 0.717) is 24.0 Å². The van der Waals surface area contributed by atoms with E-state index >= 15 is 0 Å². The van der Waals surface area contributed by atoms with Crippen LogP contribution in [0.25, 0.3) is 11.0 Å². The molecule has 1 fully saturated rings. The zero-order valence-corrected chi connectivity index (χ0v) is 17.7. The Balaban J connectivity index is 1.75. The van der Waals surface area contributed by atoms with Gasteiger partial charge in [-0.1, -0.05) is 26.8 Å². The normalized spacial score (nSPS) is 21.3. The van der Waals surface area contributed by atoms with Gasteiger partial charge in [0.1, 0.15) is 11.3 Å². The van der Waals surface area contributed by atoms with Crippen LogP contribution in [0.4, 0.5) is 16.0 Å². The molecule has 3 aromatic rings.